The lowest BCUT2D eigenvalue weighted by atomic mass is 10.1. The topological polar surface area (TPSA) is 47.8 Å². The second-order valence-electron chi connectivity index (χ2n) is 4.17. The third-order valence-electron chi connectivity index (χ3n) is 2.97. The zero-order chi connectivity index (χ0) is 13.3. The van der Waals surface area contributed by atoms with E-state index in [1.54, 1.807) is 30.5 Å². The molecule has 0 aliphatic heterocycles. The van der Waals surface area contributed by atoms with Crippen molar-refractivity contribution >= 4 is 11.5 Å². The molecule has 0 amide bonds. The zero-order valence-corrected chi connectivity index (χ0v) is 10.7. The van der Waals surface area contributed by atoms with Crippen molar-refractivity contribution in [3.05, 3.63) is 45.9 Å². The van der Waals surface area contributed by atoms with Crippen LogP contribution < -0.4 is 10.3 Å². The minimum Gasteiger partial charge on any atom is -0.426 e. The van der Waals surface area contributed by atoms with E-state index in [0.717, 1.165) is 11.1 Å². The second-order valence-corrected chi connectivity index (χ2v) is 4.17. The number of ether oxygens (including phenoxy) is 1. The van der Waals surface area contributed by atoms with Gasteiger partial charge in [0.2, 0.25) is 0 Å². The molecule has 0 N–H and O–H groups in total. The van der Waals surface area contributed by atoms with Gasteiger partial charge in [-0.25, -0.2) is 0 Å². The van der Waals surface area contributed by atoms with Crippen molar-refractivity contribution in [3.8, 4) is 5.75 Å². The Kier molecular flexibility index (Phi) is 3.19. The number of aryl methyl sites for hydroxylation is 1. The highest BCUT2D eigenvalue weighted by molar-refractivity contribution is 5.74. The summed E-state index contributed by atoms with van der Waals surface area (Å²) in [4.78, 5) is 23.5. The fraction of sp³-hybridized carbons (Fsp3) is 0.286. The predicted molar refractivity (Wildman–Crippen MR) is 69.1 cm³/mol. The molecule has 2 rings (SSSR count). The van der Waals surface area contributed by atoms with Crippen LogP contribution in [-0.2, 0) is 4.79 Å². The van der Waals surface area contributed by atoms with Gasteiger partial charge in [0.25, 0.3) is 5.56 Å². The van der Waals surface area contributed by atoms with Crippen LogP contribution in [0, 0.1) is 13.8 Å². The molecule has 2 heterocycles. The molecule has 0 saturated heterocycles. The maximum Gasteiger partial charge on any atom is 0.310 e. The monoisotopic (exact) mass is 245 g/mol. The molecule has 0 radical (unpaired) electrons. The minimum atomic E-state index is -0.333. The molecule has 0 aliphatic carbocycles. The van der Waals surface area contributed by atoms with Crippen molar-refractivity contribution in [3.63, 3.8) is 0 Å². The first kappa shape index (κ1) is 12.4. The lowest BCUT2D eigenvalue weighted by molar-refractivity contribution is -0.134. The predicted octanol–water partition coefficient (Wildman–Crippen LogP) is 2.23. The summed E-state index contributed by atoms with van der Waals surface area (Å²) in [6.45, 7) is 5.24. The summed E-state index contributed by atoms with van der Waals surface area (Å²) in [5.41, 5.74) is 1.86. The third-order valence-corrected chi connectivity index (χ3v) is 2.97. The Morgan fingerprint density at radius 3 is 2.67 bits per heavy atom. The number of rotatable bonds is 2. The van der Waals surface area contributed by atoms with Gasteiger partial charge in [0.1, 0.15) is 5.75 Å². The van der Waals surface area contributed by atoms with Crippen LogP contribution in [0.3, 0.4) is 0 Å². The summed E-state index contributed by atoms with van der Waals surface area (Å²) in [6, 6.07) is 5.48. The molecule has 4 nitrogen and oxygen atoms in total. The average molecular weight is 245 g/mol. The number of fused-ring (bicyclic) bond motifs is 1. The number of pyridine rings is 2. The summed E-state index contributed by atoms with van der Waals surface area (Å²) < 4.78 is 6.83. The van der Waals surface area contributed by atoms with Gasteiger partial charge in [-0.3, -0.25) is 14.0 Å². The molecule has 94 valence electrons. The molecule has 0 saturated carbocycles. The van der Waals surface area contributed by atoms with Crippen LogP contribution >= 0.6 is 0 Å². The number of hydrogen-bond acceptors (Lipinski definition) is 3. The van der Waals surface area contributed by atoms with Crippen molar-refractivity contribution in [1.82, 2.24) is 4.40 Å². The molecular formula is C14H15NO3. The first-order valence-electron chi connectivity index (χ1n) is 5.87. The largest absolute Gasteiger partial charge is 0.426 e. The standard InChI is InChI=1S/C14H15NO3/c1-4-12(16)18-13-9(2)11-7-5-6-8-15(11)14(17)10(13)3/h5-8H,4H2,1-3H3. The van der Waals surface area contributed by atoms with Gasteiger partial charge in [-0.1, -0.05) is 13.0 Å². The maximum atomic E-state index is 12.1. The Bertz CT molecular complexity index is 671. The van der Waals surface area contributed by atoms with Gasteiger partial charge < -0.3 is 4.74 Å². The van der Waals surface area contributed by atoms with E-state index in [1.165, 1.54) is 0 Å². The fourth-order valence-corrected chi connectivity index (χ4v) is 1.94. The number of carbonyl (C=O) groups is 1. The normalized spacial score (nSPS) is 10.6. The molecule has 0 aromatic carbocycles. The Balaban J connectivity index is 2.75. The van der Waals surface area contributed by atoms with Crippen LogP contribution in [0.2, 0.25) is 0 Å². The molecule has 2 aromatic rings. The average Bonchev–Trinajstić information content (AvgIpc) is 2.40. The second kappa shape index (κ2) is 4.64. The molecular weight excluding hydrogens is 230 g/mol. The van der Waals surface area contributed by atoms with E-state index < -0.39 is 0 Å². The van der Waals surface area contributed by atoms with E-state index in [4.69, 9.17) is 4.74 Å². The Morgan fingerprint density at radius 1 is 1.28 bits per heavy atom. The van der Waals surface area contributed by atoms with Crippen LogP contribution in [0.25, 0.3) is 5.52 Å². The van der Waals surface area contributed by atoms with Gasteiger partial charge in [0, 0.05) is 18.2 Å². The SMILES string of the molecule is CCC(=O)Oc1c(C)c(=O)n2ccccc2c1C. The van der Waals surface area contributed by atoms with E-state index in [-0.39, 0.29) is 17.9 Å². The molecule has 0 bridgehead atoms. The molecule has 0 spiro atoms. The number of aromatic nitrogens is 1. The zero-order valence-electron chi connectivity index (χ0n) is 10.7. The highest BCUT2D eigenvalue weighted by Crippen LogP contribution is 2.24. The van der Waals surface area contributed by atoms with Crippen molar-refractivity contribution < 1.29 is 9.53 Å². The third kappa shape index (κ3) is 1.90. The molecule has 0 fully saturated rings. The Labute approximate surface area is 105 Å². The van der Waals surface area contributed by atoms with Gasteiger partial charge in [-0.15, -0.1) is 0 Å². The van der Waals surface area contributed by atoms with Crippen molar-refractivity contribution in [1.29, 1.82) is 0 Å². The van der Waals surface area contributed by atoms with Gasteiger partial charge in [-0.05, 0) is 26.0 Å². The minimum absolute atomic E-state index is 0.157. The number of carbonyl (C=O) groups excluding carboxylic acids is 1. The lowest BCUT2D eigenvalue weighted by Gasteiger charge is -2.12. The van der Waals surface area contributed by atoms with Gasteiger partial charge in [0.15, 0.2) is 0 Å². The molecule has 2 aromatic heterocycles. The van der Waals surface area contributed by atoms with E-state index >= 15 is 0 Å². The van der Waals surface area contributed by atoms with Crippen LogP contribution in [0.15, 0.2) is 29.2 Å². The van der Waals surface area contributed by atoms with Gasteiger partial charge in [0.05, 0.1) is 11.1 Å². The van der Waals surface area contributed by atoms with E-state index in [0.29, 0.717) is 11.3 Å². The summed E-state index contributed by atoms with van der Waals surface area (Å²) in [5, 5.41) is 0. The smallest absolute Gasteiger partial charge is 0.310 e. The highest BCUT2D eigenvalue weighted by atomic mass is 16.5. The van der Waals surface area contributed by atoms with Crippen molar-refractivity contribution in [2.24, 2.45) is 0 Å². The lowest BCUT2D eigenvalue weighted by Crippen LogP contribution is -2.20. The quantitative estimate of drug-likeness (QED) is 0.762. The molecule has 0 aliphatic rings. The number of hydrogen-bond donors (Lipinski definition) is 0. The highest BCUT2D eigenvalue weighted by Gasteiger charge is 2.15. The van der Waals surface area contributed by atoms with Crippen molar-refractivity contribution in [2.75, 3.05) is 0 Å². The van der Waals surface area contributed by atoms with Crippen LogP contribution in [0.1, 0.15) is 24.5 Å². The summed E-state index contributed by atoms with van der Waals surface area (Å²) in [6.07, 6.45) is 2.00. The summed E-state index contributed by atoms with van der Waals surface area (Å²) >= 11 is 0. The first-order chi connectivity index (χ1) is 8.56. The van der Waals surface area contributed by atoms with Crippen molar-refractivity contribution in [2.45, 2.75) is 27.2 Å². The number of esters is 1. The Morgan fingerprint density at radius 2 is 2.00 bits per heavy atom. The van der Waals surface area contributed by atoms with E-state index in [2.05, 4.69) is 0 Å². The van der Waals surface area contributed by atoms with E-state index in [9.17, 15) is 9.59 Å². The van der Waals surface area contributed by atoms with Gasteiger partial charge in [-0.2, -0.15) is 0 Å². The van der Waals surface area contributed by atoms with Crippen LogP contribution in [0.4, 0.5) is 0 Å². The molecule has 0 atom stereocenters. The van der Waals surface area contributed by atoms with Crippen LogP contribution in [-0.4, -0.2) is 10.4 Å². The maximum absolute atomic E-state index is 12.1. The summed E-state index contributed by atoms with van der Waals surface area (Å²) in [7, 11) is 0. The Hall–Kier alpha value is -2.10. The fourth-order valence-electron chi connectivity index (χ4n) is 1.94. The molecule has 4 heteroatoms. The van der Waals surface area contributed by atoms with E-state index in [1.807, 2.05) is 19.1 Å². The van der Waals surface area contributed by atoms with Gasteiger partial charge >= 0.3 is 5.97 Å². The summed E-state index contributed by atoms with van der Waals surface area (Å²) in [5.74, 6) is 0.0546. The molecule has 18 heavy (non-hydrogen) atoms. The molecule has 0 unspecified atom stereocenters. The first-order valence-corrected chi connectivity index (χ1v) is 5.87. The number of nitrogens with zero attached hydrogens (tertiary/aromatic N) is 1. The van der Waals surface area contributed by atoms with Crippen LogP contribution in [0.5, 0.6) is 5.75 Å².